The van der Waals surface area contributed by atoms with Crippen molar-refractivity contribution in [2.24, 2.45) is 17.3 Å². The number of likely N-dealkylation sites (tertiary alicyclic amines) is 1. The van der Waals surface area contributed by atoms with E-state index in [1.54, 1.807) is 0 Å². The average molecular weight is 279 g/mol. The molecule has 3 aliphatic rings. The standard InChI is InChI=1S/C17H29NO2/c1-13(2)15-17(8-4-3-5-9-17)12-18(15)16(19)14-6-10-20-11-7-14/h13-15H,3-12H2,1-2H3. The summed E-state index contributed by atoms with van der Waals surface area (Å²) >= 11 is 0. The molecule has 1 atom stereocenters. The first-order valence-corrected chi connectivity index (χ1v) is 8.52. The van der Waals surface area contributed by atoms with Gasteiger partial charge in [-0.05, 0) is 31.6 Å². The third kappa shape index (κ3) is 2.38. The fraction of sp³-hybridized carbons (Fsp3) is 0.941. The van der Waals surface area contributed by atoms with Crippen LogP contribution < -0.4 is 0 Å². The van der Waals surface area contributed by atoms with Crippen molar-refractivity contribution < 1.29 is 9.53 Å². The van der Waals surface area contributed by atoms with Crippen molar-refractivity contribution in [2.45, 2.75) is 64.8 Å². The van der Waals surface area contributed by atoms with Crippen molar-refractivity contribution in [3.8, 4) is 0 Å². The SMILES string of the molecule is CC(C)C1N(C(=O)C2CCOCC2)CC12CCCCC2. The highest BCUT2D eigenvalue weighted by Crippen LogP contribution is 2.52. The second-order valence-electron chi connectivity index (χ2n) is 7.46. The van der Waals surface area contributed by atoms with Crippen LogP contribution in [0.15, 0.2) is 0 Å². The van der Waals surface area contributed by atoms with Gasteiger partial charge >= 0.3 is 0 Å². The van der Waals surface area contributed by atoms with Crippen LogP contribution in [0.5, 0.6) is 0 Å². The molecule has 0 aromatic carbocycles. The highest BCUT2D eigenvalue weighted by Gasteiger charge is 2.55. The monoisotopic (exact) mass is 279 g/mol. The minimum atomic E-state index is 0.228. The second kappa shape index (κ2) is 5.67. The summed E-state index contributed by atoms with van der Waals surface area (Å²) < 4.78 is 5.39. The Morgan fingerprint density at radius 2 is 1.80 bits per heavy atom. The number of nitrogens with zero attached hydrogens (tertiary/aromatic N) is 1. The zero-order valence-electron chi connectivity index (χ0n) is 13.1. The first-order valence-electron chi connectivity index (χ1n) is 8.52. The predicted molar refractivity (Wildman–Crippen MR) is 79.4 cm³/mol. The first-order chi connectivity index (χ1) is 9.64. The molecule has 0 radical (unpaired) electrons. The highest BCUT2D eigenvalue weighted by molar-refractivity contribution is 5.80. The summed E-state index contributed by atoms with van der Waals surface area (Å²) in [6, 6.07) is 0.498. The van der Waals surface area contributed by atoms with E-state index in [4.69, 9.17) is 4.74 Å². The van der Waals surface area contributed by atoms with Crippen molar-refractivity contribution in [3.05, 3.63) is 0 Å². The van der Waals surface area contributed by atoms with Gasteiger partial charge in [-0.3, -0.25) is 4.79 Å². The summed E-state index contributed by atoms with van der Waals surface area (Å²) in [6.45, 7) is 7.16. The van der Waals surface area contributed by atoms with Crippen LogP contribution in [0.25, 0.3) is 0 Å². The van der Waals surface area contributed by atoms with E-state index in [0.717, 1.165) is 32.6 Å². The second-order valence-corrected chi connectivity index (χ2v) is 7.46. The molecule has 1 spiro atoms. The topological polar surface area (TPSA) is 29.5 Å². The molecule has 1 amide bonds. The fourth-order valence-electron chi connectivity index (χ4n) is 4.92. The predicted octanol–water partition coefficient (Wildman–Crippen LogP) is 3.23. The average Bonchev–Trinajstić information content (AvgIpc) is 2.45. The van der Waals surface area contributed by atoms with E-state index in [1.165, 1.54) is 32.1 Å². The number of hydrogen-bond donors (Lipinski definition) is 0. The molecule has 3 fully saturated rings. The van der Waals surface area contributed by atoms with Gasteiger partial charge in [0.15, 0.2) is 0 Å². The van der Waals surface area contributed by atoms with E-state index in [0.29, 0.717) is 23.3 Å². The Kier molecular flexibility index (Phi) is 4.07. The van der Waals surface area contributed by atoms with Crippen molar-refractivity contribution in [2.75, 3.05) is 19.8 Å². The molecule has 0 N–H and O–H groups in total. The summed E-state index contributed by atoms with van der Waals surface area (Å²) in [4.78, 5) is 15.0. The molecular formula is C17H29NO2. The number of amides is 1. The molecule has 3 nitrogen and oxygen atoms in total. The Bertz CT molecular complexity index is 354. The zero-order chi connectivity index (χ0) is 14.2. The smallest absolute Gasteiger partial charge is 0.226 e. The summed E-state index contributed by atoms with van der Waals surface area (Å²) in [5.74, 6) is 1.24. The molecule has 0 bridgehead atoms. The molecule has 20 heavy (non-hydrogen) atoms. The molecule has 114 valence electrons. The largest absolute Gasteiger partial charge is 0.381 e. The highest BCUT2D eigenvalue weighted by atomic mass is 16.5. The van der Waals surface area contributed by atoms with E-state index in [1.807, 2.05) is 0 Å². The Hall–Kier alpha value is -0.570. The summed E-state index contributed by atoms with van der Waals surface area (Å²) in [6.07, 6.45) is 8.65. The third-order valence-corrected chi connectivity index (χ3v) is 5.78. The van der Waals surface area contributed by atoms with Crippen molar-refractivity contribution in [1.29, 1.82) is 0 Å². The Morgan fingerprint density at radius 1 is 1.15 bits per heavy atom. The molecular weight excluding hydrogens is 250 g/mol. The maximum atomic E-state index is 12.8. The molecule has 3 rings (SSSR count). The van der Waals surface area contributed by atoms with Crippen LogP contribution in [-0.2, 0) is 9.53 Å². The summed E-state index contributed by atoms with van der Waals surface area (Å²) in [5.41, 5.74) is 0.466. The van der Waals surface area contributed by atoms with Gasteiger partial charge in [0.05, 0.1) is 0 Å². The lowest BCUT2D eigenvalue weighted by Gasteiger charge is -2.62. The summed E-state index contributed by atoms with van der Waals surface area (Å²) in [5, 5.41) is 0. The maximum absolute atomic E-state index is 12.8. The van der Waals surface area contributed by atoms with Gasteiger partial charge in [0, 0.05) is 37.1 Å². The lowest BCUT2D eigenvalue weighted by atomic mass is 9.59. The Morgan fingerprint density at radius 3 is 2.40 bits per heavy atom. The van der Waals surface area contributed by atoms with Gasteiger partial charge in [-0.2, -0.15) is 0 Å². The van der Waals surface area contributed by atoms with Gasteiger partial charge in [-0.25, -0.2) is 0 Å². The molecule has 1 unspecified atom stereocenters. The van der Waals surface area contributed by atoms with Gasteiger partial charge in [0.2, 0.25) is 5.91 Å². The molecule has 3 heteroatoms. The van der Waals surface area contributed by atoms with E-state index < -0.39 is 0 Å². The van der Waals surface area contributed by atoms with Crippen molar-refractivity contribution in [1.82, 2.24) is 4.90 Å². The van der Waals surface area contributed by atoms with Crippen LogP contribution in [-0.4, -0.2) is 36.6 Å². The van der Waals surface area contributed by atoms with Crippen molar-refractivity contribution >= 4 is 5.91 Å². The van der Waals surface area contributed by atoms with E-state index >= 15 is 0 Å². The maximum Gasteiger partial charge on any atom is 0.226 e. The molecule has 2 heterocycles. The first kappa shape index (κ1) is 14.4. The van der Waals surface area contributed by atoms with Gasteiger partial charge in [0.1, 0.15) is 0 Å². The summed E-state index contributed by atoms with van der Waals surface area (Å²) in [7, 11) is 0. The number of carbonyl (C=O) groups is 1. The van der Waals surface area contributed by atoms with Crippen LogP contribution in [0, 0.1) is 17.3 Å². The van der Waals surface area contributed by atoms with Gasteiger partial charge < -0.3 is 9.64 Å². The molecule has 1 saturated carbocycles. The van der Waals surface area contributed by atoms with E-state index in [2.05, 4.69) is 18.7 Å². The third-order valence-electron chi connectivity index (χ3n) is 5.78. The van der Waals surface area contributed by atoms with Gasteiger partial charge in [-0.1, -0.05) is 33.1 Å². The number of ether oxygens (including phenoxy) is 1. The van der Waals surface area contributed by atoms with Crippen LogP contribution in [0.1, 0.15) is 58.8 Å². The number of hydrogen-bond acceptors (Lipinski definition) is 2. The van der Waals surface area contributed by atoms with Gasteiger partial charge in [-0.15, -0.1) is 0 Å². The lowest BCUT2D eigenvalue weighted by Crippen LogP contribution is -2.69. The Labute approximate surface area is 123 Å². The molecule has 2 aliphatic heterocycles. The van der Waals surface area contributed by atoms with E-state index in [9.17, 15) is 4.79 Å². The Balaban J connectivity index is 1.69. The van der Waals surface area contributed by atoms with Crippen LogP contribution in [0.3, 0.4) is 0 Å². The fourth-order valence-corrected chi connectivity index (χ4v) is 4.92. The van der Waals surface area contributed by atoms with Gasteiger partial charge in [0.25, 0.3) is 0 Å². The lowest BCUT2D eigenvalue weighted by molar-refractivity contribution is -0.172. The van der Waals surface area contributed by atoms with Crippen molar-refractivity contribution in [3.63, 3.8) is 0 Å². The normalized spacial score (nSPS) is 30.6. The number of carbonyl (C=O) groups excluding carboxylic acids is 1. The molecule has 2 saturated heterocycles. The minimum Gasteiger partial charge on any atom is -0.381 e. The zero-order valence-corrected chi connectivity index (χ0v) is 13.1. The quantitative estimate of drug-likeness (QED) is 0.776. The van der Waals surface area contributed by atoms with Crippen LogP contribution in [0.4, 0.5) is 0 Å². The minimum absolute atomic E-state index is 0.228. The number of rotatable bonds is 2. The van der Waals surface area contributed by atoms with Crippen LogP contribution in [0.2, 0.25) is 0 Å². The molecule has 0 aromatic heterocycles. The molecule has 1 aliphatic carbocycles. The van der Waals surface area contributed by atoms with E-state index in [-0.39, 0.29) is 5.92 Å². The van der Waals surface area contributed by atoms with Crippen LogP contribution >= 0.6 is 0 Å². The molecule has 0 aromatic rings.